The number of sulfonamides is 1. The van der Waals surface area contributed by atoms with E-state index in [1.807, 2.05) is 0 Å². The van der Waals surface area contributed by atoms with Gasteiger partial charge >= 0.3 is 0 Å². The van der Waals surface area contributed by atoms with Gasteiger partial charge in [-0.2, -0.15) is 9.40 Å². The minimum Gasteiger partial charge on any atom is -0.295 e. The van der Waals surface area contributed by atoms with Gasteiger partial charge in [-0.05, 0) is 6.42 Å². The zero-order valence-electron chi connectivity index (χ0n) is 12.1. The Morgan fingerprint density at radius 3 is 2.82 bits per heavy atom. The molecule has 0 radical (unpaired) electrons. The summed E-state index contributed by atoms with van der Waals surface area (Å²) in [5.41, 5.74) is 0.368. The Labute approximate surface area is 127 Å². The fraction of sp³-hybridized carbons (Fsp3) is 0.500. The summed E-state index contributed by atoms with van der Waals surface area (Å²) in [6.07, 6.45) is 4.69. The molecule has 3 heterocycles. The average Bonchev–Trinajstić information content (AvgIpc) is 2.81. The second-order valence-electron chi connectivity index (χ2n) is 5.20. The summed E-state index contributed by atoms with van der Waals surface area (Å²) >= 11 is 0. The highest BCUT2D eigenvalue weighted by atomic mass is 32.2. The molecule has 118 valence electrons. The van der Waals surface area contributed by atoms with Crippen LogP contribution in [-0.2, 0) is 29.7 Å². The van der Waals surface area contributed by atoms with E-state index < -0.39 is 10.0 Å². The van der Waals surface area contributed by atoms with Crippen molar-refractivity contribution in [3.8, 4) is 0 Å². The zero-order valence-corrected chi connectivity index (χ0v) is 12.9. The number of nitrogens with zero attached hydrogens (tertiary/aromatic N) is 6. The molecule has 9 nitrogen and oxygen atoms in total. The highest BCUT2D eigenvalue weighted by Crippen LogP contribution is 2.12. The van der Waals surface area contributed by atoms with E-state index >= 15 is 0 Å². The molecule has 1 aliphatic rings. The first-order valence-electron chi connectivity index (χ1n) is 6.80. The Balaban J connectivity index is 1.97. The third-order valence-corrected chi connectivity index (χ3v) is 4.76. The fourth-order valence-electron chi connectivity index (χ4n) is 2.45. The van der Waals surface area contributed by atoms with Gasteiger partial charge < -0.3 is 0 Å². The number of hydrogen-bond acceptors (Lipinski definition) is 6. The maximum atomic E-state index is 12.2. The van der Waals surface area contributed by atoms with Gasteiger partial charge in [0.15, 0.2) is 0 Å². The third-order valence-electron chi connectivity index (χ3n) is 3.51. The van der Waals surface area contributed by atoms with Gasteiger partial charge in [-0.1, -0.05) is 0 Å². The highest BCUT2D eigenvalue weighted by molar-refractivity contribution is 7.88. The van der Waals surface area contributed by atoms with Crippen LogP contribution in [0, 0.1) is 0 Å². The van der Waals surface area contributed by atoms with Crippen LogP contribution in [0.15, 0.2) is 23.5 Å². The van der Waals surface area contributed by atoms with E-state index in [0.717, 1.165) is 0 Å². The van der Waals surface area contributed by atoms with Crippen molar-refractivity contribution >= 4 is 10.0 Å². The van der Waals surface area contributed by atoms with Crippen molar-refractivity contribution in [1.29, 1.82) is 0 Å². The van der Waals surface area contributed by atoms with E-state index in [4.69, 9.17) is 0 Å². The van der Waals surface area contributed by atoms with Crippen LogP contribution >= 0.6 is 0 Å². The van der Waals surface area contributed by atoms with Gasteiger partial charge in [0, 0.05) is 19.2 Å². The van der Waals surface area contributed by atoms with Gasteiger partial charge in [-0.15, -0.1) is 0 Å². The second-order valence-corrected chi connectivity index (χ2v) is 7.18. The van der Waals surface area contributed by atoms with Gasteiger partial charge in [0.25, 0.3) is 5.56 Å². The van der Waals surface area contributed by atoms with Gasteiger partial charge in [-0.3, -0.25) is 9.36 Å². The second kappa shape index (κ2) is 5.61. The van der Waals surface area contributed by atoms with Crippen molar-refractivity contribution in [2.45, 2.75) is 26.1 Å². The molecule has 0 aromatic carbocycles. The lowest BCUT2D eigenvalue weighted by atomic mass is 10.3. The van der Waals surface area contributed by atoms with Crippen LogP contribution in [0.2, 0.25) is 0 Å². The van der Waals surface area contributed by atoms with Crippen molar-refractivity contribution in [2.75, 3.05) is 12.8 Å². The Hall–Kier alpha value is -2.07. The standard InChI is InChI=1S/C12H16N6O3S/c1-22(20,21)17-3-2-4-18-11(7-17)15-10(5-12(18)19)6-16-9-13-8-14-16/h5,8-9H,2-4,6-7H2,1H3. The lowest BCUT2D eigenvalue weighted by Gasteiger charge is -2.17. The van der Waals surface area contributed by atoms with Crippen LogP contribution in [0.3, 0.4) is 0 Å². The molecule has 0 amide bonds. The zero-order chi connectivity index (χ0) is 15.7. The Kier molecular flexibility index (Phi) is 3.79. The van der Waals surface area contributed by atoms with Crippen LogP contribution < -0.4 is 5.56 Å². The lowest BCUT2D eigenvalue weighted by Crippen LogP contribution is -2.31. The minimum absolute atomic E-state index is 0.110. The van der Waals surface area contributed by atoms with Crippen LogP contribution in [-0.4, -0.2) is 49.8 Å². The Morgan fingerprint density at radius 1 is 1.32 bits per heavy atom. The summed E-state index contributed by atoms with van der Waals surface area (Å²) in [6, 6.07) is 1.46. The number of aromatic nitrogens is 5. The van der Waals surface area contributed by atoms with E-state index in [1.54, 1.807) is 4.68 Å². The topological polar surface area (TPSA) is 103 Å². The first-order chi connectivity index (χ1) is 10.4. The molecular formula is C12H16N6O3S. The van der Waals surface area contributed by atoms with E-state index in [0.29, 0.717) is 37.6 Å². The molecular weight excluding hydrogens is 308 g/mol. The monoisotopic (exact) mass is 324 g/mol. The SMILES string of the molecule is CS(=O)(=O)N1CCCn2c(nc(Cn3cncn3)cc2=O)C1. The molecule has 1 aliphatic heterocycles. The summed E-state index contributed by atoms with van der Waals surface area (Å²) in [5, 5.41) is 3.98. The molecule has 3 rings (SSSR count). The molecule has 2 aromatic rings. The number of rotatable bonds is 3. The molecule has 0 aliphatic carbocycles. The molecule has 10 heteroatoms. The predicted molar refractivity (Wildman–Crippen MR) is 77.5 cm³/mol. The third kappa shape index (κ3) is 3.07. The molecule has 0 spiro atoms. The van der Waals surface area contributed by atoms with E-state index in [-0.39, 0.29) is 12.1 Å². The summed E-state index contributed by atoms with van der Waals surface area (Å²) < 4.78 is 28.0. The predicted octanol–water partition coefficient (Wildman–Crippen LogP) is -0.952. The largest absolute Gasteiger partial charge is 0.295 e. The van der Waals surface area contributed by atoms with Crippen LogP contribution in [0.5, 0.6) is 0 Å². The Bertz CT molecular complexity index is 827. The number of hydrogen-bond donors (Lipinski definition) is 0. The molecule has 0 unspecified atom stereocenters. The normalized spacial score (nSPS) is 16.2. The highest BCUT2D eigenvalue weighted by Gasteiger charge is 2.23. The van der Waals surface area contributed by atoms with Crippen molar-refractivity contribution in [1.82, 2.24) is 28.6 Å². The van der Waals surface area contributed by atoms with Gasteiger partial charge in [0.05, 0.1) is 25.0 Å². The van der Waals surface area contributed by atoms with E-state index in [1.165, 1.54) is 33.8 Å². The summed E-state index contributed by atoms with van der Waals surface area (Å²) in [6.45, 7) is 1.29. The van der Waals surface area contributed by atoms with Crippen LogP contribution in [0.25, 0.3) is 0 Å². The maximum absolute atomic E-state index is 12.2. The maximum Gasteiger partial charge on any atom is 0.253 e. The summed E-state index contributed by atoms with van der Waals surface area (Å²) in [7, 11) is -3.32. The van der Waals surface area contributed by atoms with E-state index in [9.17, 15) is 13.2 Å². The molecule has 0 saturated carbocycles. The molecule has 0 N–H and O–H groups in total. The number of fused-ring (bicyclic) bond motifs is 1. The summed E-state index contributed by atoms with van der Waals surface area (Å²) in [5.74, 6) is 0.463. The molecule has 0 fully saturated rings. The molecule has 2 aromatic heterocycles. The van der Waals surface area contributed by atoms with Crippen molar-refractivity contribution in [3.05, 3.63) is 40.6 Å². The first kappa shape index (κ1) is 14.9. The van der Waals surface area contributed by atoms with Crippen molar-refractivity contribution in [3.63, 3.8) is 0 Å². The Morgan fingerprint density at radius 2 is 2.14 bits per heavy atom. The first-order valence-corrected chi connectivity index (χ1v) is 8.65. The van der Waals surface area contributed by atoms with Crippen LogP contribution in [0.1, 0.15) is 17.9 Å². The van der Waals surface area contributed by atoms with E-state index in [2.05, 4.69) is 15.1 Å². The quantitative estimate of drug-likeness (QED) is 0.721. The van der Waals surface area contributed by atoms with Gasteiger partial charge in [0.2, 0.25) is 10.0 Å². The minimum atomic E-state index is -3.32. The molecule has 22 heavy (non-hydrogen) atoms. The van der Waals surface area contributed by atoms with Gasteiger partial charge in [-0.25, -0.2) is 23.1 Å². The lowest BCUT2D eigenvalue weighted by molar-refractivity contribution is 0.410. The van der Waals surface area contributed by atoms with Crippen LogP contribution in [0.4, 0.5) is 0 Å². The molecule has 0 saturated heterocycles. The fourth-order valence-corrected chi connectivity index (χ4v) is 3.26. The summed E-state index contributed by atoms with van der Waals surface area (Å²) in [4.78, 5) is 20.5. The molecule has 0 bridgehead atoms. The van der Waals surface area contributed by atoms with Crippen molar-refractivity contribution < 1.29 is 8.42 Å². The average molecular weight is 324 g/mol. The smallest absolute Gasteiger partial charge is 0.253 e. The van der Waals surface area contributed by atoms with Gasteiger partial charge in [0.1, 0.15) is 18.5 Å². The van der Waals surface area contributed by atoms with Crippen molar-refractivity contribution in [2.24, 2.45) is 0 Å². The molecule has 0 atom stereocenters.